The molecule has 24 heavy (non-hydrogen) atoms. The highest BCUT2D eigenvalue weighted by atomic mass is 16.2. The Balaban J connectivity index is 1.27. The molecular formula is C19H24N4O. The van der Waals surface area contributed by atoms with Crippen LogP contribution in [0, 0.1) is 17.8 Å². The quantitative estimate of drug-likeness (QED) is 0.853. The summed E-state index contributed by atoms with van der Waals surface area (Å²) < 4.78 is 2.10. The van der Waals surface area contributed by atoms with E-state index in [0.29, 0.717) is 23.7 Å². The average molecular weight is 324 g/mol. The molecule has 1 aliphatic heterocycles. The van der Waals surface area contributed by atoms with Crippen LogP contribution in [0.3, 0.4) is 0 Å². The summed E-state index contributed by atoms with van der Waals surface area (Å²) in [5, 5.41) is 8.68. The lowest BCUT2D eigenvalue weighted by Crippen LogP contribution is -2.42. The van der Waals surface area contributed by atoms with Crippen LogP contribution in [-0.4, -0.2) is 38.5 Å². The molecule has 3 heterocycles. The van der Waals surface area contributed by atoms with Gasteiger partial charge in [0.1, 0.15) is 5.82 Å². The van der Waals surface area contributed by atoms with Crippen LogP contribution in [0.1, 0.15) is 50.3 Å². The van der Waals surface area contributed by atoms with Gasteiger partial charge in [-0.3, -0.25) is 9.20 Å². The Bertz CT molecular complexity index is 762. The summed E-state index contributed by atoms with van der Waals surface area (Å²) in [4.78, 5) is 15.0. The highest BCUT2D eigenvalue weighted by molar-refractivity contribution is 5.79. The van der Waals surface area contributed by atoms with Gasteiger partial charge in [-0.05, 0) is 56.1 Å². The van der Waals surface area contributed by atoms with Crippen LogP contribution >= 0.6 is 0 Å². The SMILES string of the molecule is O=C([C@H]1C[C@H]2CC[C@@H]1C2)N1CCC(c2nnc3ccccn23)CC1. The molecule has 3 atom stereocenters. The molecule has 3 fully saturated rings. The summed E-state index contributed by atoms with van der Waals surface area (Å²) in [6.07, 6.45) is 9.14. The van der Waals surface area contributed by atoms with E-state index in [1.165, 1.54) is 19.3 Å². The zero-order valence-electron chi connectivity index (χ0n) is 14.0. The molecule has 2 aromatic rings. The molecular weight excluding hydrogens is 300 g/mol. The number of likely N-dealkylation sites (tertiary alicyclic amines) is 1. The summed E-state index contributed by atoms with van der Waals surface area (Å²) in [6.45, 7) is 1.75. The number of amides is 1. The normalized spacial score (nSPS) is 30.3. The summed E-state index contributed by atoms with van der Waals surface area (Å²) in [5.41, 5.74) is 0.910. The van der Waals surface area contributed by atoms with Gasteiger partial charge in [-0.25, -0.2) is 0 Å². The zero-order valence-corrected chi connectivity index (χ0v) is 14.0. The highest BCUT2D eigenvalue weighted by Crippen LogP contribution is 2.49. The number of rotatable bonds is 2. The molecule has 2 aromatic heterocycles. The molecule has 2 saturated carbocycles. The number of pyridine rings is 1. The lowest BCUT2D eigenvalue weighted by atomic mass is 9.86. The van der Waals surface area contributed by atoms with Crippen LogP contribution in [-0.2, 0) is 4.79 Å². The van der Waals surface area contributed by atoms with Gasteiger partial charge in [0.05, 0.1) is 0 Å². The minimum atomic E-state index is 0.328. The second kappa shape index (κ2) is 5.57. The highest BCUT2D eigenvalue weighted by Gasteiger charge is 2.44. The third-order valence-corrected chi connectivity index (χ3v) is 6.57. The zero-order chi connectivity index (χ0) is 16.1. The van der Waals surface area contributed by atoms with Crippen LogP contribution in [0.15, 0.2) is 24.4 Å². The first kappa shape index (κ1) is 14.4. The second-order valence-electron chi connectivity index (χ2n) is 7.87. The van der Waals surface area contributed by atoms with Crippen molar-refractivity contribution in [3.63, 3.8) is 0 Å². The largest absolute Gasteiger partial charge is 0.342 e. The van der Waals surface area contributed by atoms with Crippen molar-refractivity contribution in [1.29, 1.82) is 0 Å². The van der Waals surface area contributed by atoms with Gasteiger partial charge in [0.2, 0.25) is 5.91 Å². The Morgan fingerprint density at radius 1 is 1.04 bits per heavy atom. The molecule has 0 aromatic carbocycles. The molecule has 0 N–H and O–H groups in total. The molecule has 5 heteroatoms. The van der Waals surface area contributed by atoms with E-state index in [0.717, 1.165) is 49.7 Å². The topological polar surface area (TPSA) is 50.5 Å². The number of fused-ring (bicyclic) bond motifs is 3. The fourth-order valence-corrected chi connectivity index (χ4v) is 5.28. The van der Waals surface area contributed by atoms with Gasteiger partial charge in [0.15, 0.2) is 5.65 Å². The Labute approximate surface area is 142 Å². The monoisotopic (exact) mass is 324 g/mol. The van der Waals surface area contributed by atoms with E-state index in [4.69, 9.17) is 0 Å². The van der Waals surface area contributed by atoms with E-state index >= 15 is 0 Å². The predicted octanol–water partition coefficient (Wildman–Crippen LogP) is 2.87. The van der Waals surface area contributed by atoms with Crippen molar-refractivity contribution in [2.24, 2.45) is 17.8 Å². The fraction of sp³-hybridized carbons (Fsp3) is 0.632. The molecule has 1 amide bonds. The van der Waals surface area contributed by atoms with Crippen LogP contribution in [0.2, 0.25) is 0 Å². The molecule has 0 spiro atoms. The number of carbonyl (C=O) groups excluding carboxylic acids is 1. The van der Waals surface area contributed by atoms with Crippen LogP contribution in [0.4, 0.5) is 0 Å². The lowest BCUT2D eigenvalue weighted by molar-refractivity contribution is -0.138. The summed E-state index contributed by atoms with van der Waals surface area (Å²) >= 11 is 0. The van der Waals surface area contributed by atoms with E-state index in [1.54, 1.807) is 0 Å². The van der Waals surface area contributed by atoms with Crippen LogP contribution in [0.25, 0.3) is 5.65 Å². The molecule has 0 unspecified atom stereocenters. The van der Waals surface area contributed by atoms with E-state index < -0.39 is 0 Å². The number of piperidine rings is 1. The van der Waals surface area contributed by atoms with Crippen LogP contribution < -0.4 is 0 Å². The molecule has 1 saturated heterocycles. The van der Waals surface area contributed by atoms with Crippen molar-refractivity contribution in [2.75, 3.05) is 13.1 Å². The fourth-order valence-electron chi connectivity index (χ4n) is 5.28. The Morgan fingerprint density at radius 3 is 2.67 bits per heavy atom. The molecule has 5 rings (SSSR count). The van der Waals surface area contributed by atoms with Gasteiger partial charge in [-0.2, -0.15) is 0 Å². The third-order valence-electron chi connectivity index (χ3n) is 6.57. The summed E-state index contributed by atoms with van der Waals surface area (Å²) in [7, 11) is 0. The smallest absolute Gasteiger partial charge is 0.225 e. The average Bonchev–Trinajstić information content (AvgIpc) is 3.36. The maximum atomic E-state index is 12.9. The Morgan fingerprint density at radius 2 is 1.92 bits per heavy atom. The van der Waals surface area contributed by atoms with Gasteiger partial charge in [0, 0.05) is 31.1 Å². The molecule has 126 valence electrons. The Kier molecular flexibility index (Phi) is 3.35. The van der Waals surface area contributed by atoms with Crippen molar-refractivity contribution < 1.29 is 4.79 Å². The summed E-state index contributed by atoms with van der Waals surface area (Å²) in [5.74, 6) is 3.74. The first-order valence-electron chi connectivity index (χ1n) is 9.38. The van der Waals surface area contributed by atoms with E-state index in [2.05, 4.69) is 19.5 Å². The first-order valence-corrected chi connectivity index (χ1v) is 9.38. The summed E-state index contributed by atoms with van der Waals surface area (Å²) in [6, 6.07) is 6.00. The van der Waals surface area contributed by atoms with Gasteiger partial charge in [0.25, 0.3) is 0 Å². The Hall–Kier alpha value is -1.91. The number of nitrogens with zero attached hydrogens (tertiary/aromatic N) is 4. The van der Waals surface area contributed by atoms with Crippen molar-refractivity contribution in [2.45, 2.75) is 44.4 Å². The van der Waals surface area contributed by atoms with Gasteiger partial charge in [-0.1, -0.05) is 12.5 Å². The minimum Gasteiger partial charge on any atom is -0.342 e. The molecule has 2 bridgehead atoms. The van der Waals surface area contributed by atoms with E-state index in [1.807, 2.05) is 24.4 Å². The van der Waals surface area contributed by atoms with Crippen molar-refractivity contribution in [3.05, 3.63) is 30.2 Å². The third kappa shape index (κ3) is 2.25. The minimum absolute atomic E-state index is 0.328. The molecule has 0 radical (unpaired) electrons. The maximum Gasteiger partial charge on any atom is 0.225 e. The second-order valence-corrected chi connectivity index (χ2v) is 7.87. The van der Waals surface area contributed by atoms with E-state index in [-0.39, 0.29) is 0 Å². The molecule has 3 aliphatic rings. The van der Waals surface area contributed by atoms with Crippen molar-refractivity contribution >= 4 is 11.6 Å². The number of hydrogen-bond donors (Lipinski definition) is 0. The first-order chi connectivity index (χ1) is 11.8. The predicted molar refractivity (Wildman–Crippen MR) is 90.5 cm³/mol. The van der Waals surface area contributed by atoms with Gasteiger partial charge >= 0.3 is 0 Å². The van der Waals surface area contributed by atoms with E-state index in [9.17, 15) is 4.79 Å². The molecule has 5 nitrogen and oxygen atoms in total. The van der Waals surface area contributed by atoms with Crippen molar-refractivity contribution in [1.82, 2.24) is 19.5 Å². The number of carbonyl (C=O) groups is 1. The standard InChI is InChI=1S/C19H24N4O/c24-19(16-12-13-4-5-15(16)11-13)22-9-6-14(7-10-22)18-21-20-17-3-1-2-8-23(17)18/h1-3,8,13-16H,4-7,9-12H2/t13-,15+,16-/m0/s1. The van der Waals surface area contributed by atoms with Gasteiger partial charge in [-0.15, -0.1) is 10.2 Å². The van der Waals surface area contributed by atoms with Crippen LogP contribution in [0.5, 0.6) is 0 Å². The number of aromatic nitrogens is 3. The lowest BCUT2D eigenvalue weighted by Gasteiger charge is -2.34. The number of hydrogen-bond acceptors (Lipinski definition) is 3. The molecule has 2 aliphatic carbocycles. The maximum absolute atomic E-state index is 12.9. The van der Waals surface area contributed by atoms with Crippen molar-refractivity contribution in [3.8, 4) is 0 Å². The van der Waals surface area contributed by atoms with Gasteiger partial charge < -0.3 is 4.90 Å².